The molecule has 1 heterocycles. The van der Waals surface area contributed by atoms with Crippen molar-refractivity contribution in [3.8, 4) is 40.6 Å². The summed E-state index contributed by atoms with van der Waals surface area (Å²) in [7, 11) is 6.16. The third-order valence-corrected chi connectivity index (χ3v) is 4.09. The van der Waals surface area contributed by atoms with E-state index in [0.29, 0.717) is 45.6 Å². The lowest BCUT2D eigenvalue weighted by Crippen LogP contribution is -1.96. The van der Waals surface area contributed by atoms with Crippen molar-refractivity contribution < 1.29 is 28.4 Å². The lowest BCUT2D eigenvalue weighted by atomic mass is 10.0. The Morgan fingerprint density at radius 2 is 1.59 bits per heavy atom. The van der Waals surface area contributed by atoms with Crippen molar-refractivity contribution in [1.29, 1.82) is 5.26 Å². The average molecular weight is 369 g/mol. The zero-order valence-corrected chi connectivity index (χ0v) is 15.5. The fourth-order valence-electron chi connectivity index (χ4n) is 2.82. The topological polar surface area (TPSA) is 79.2 Å². The molecule has 0 spiro atoms. The number of ether oxygens (including phenoxy) is 6. The summed E-state index contributed by atoms with van der Waals surface area (Å²) in [4.78, 5) is 0. The van der Waals surface area contributed by atoms with Crippen LogP contribution in [0.2, 0.25) is 0 Å². The smallest absolute Gasteiger partial charge is 0.231 e. The number of rotatable bonds is 6. The zero-order valence-electron chi connectivity index (χ0n) is 15.5. The van der Waals surface area contributed by atoms with E-state index in [1.54, 1.807) is 44.6 Å². The van der Waals surface area contributed by atoms with Crippen molar-refractivity contribution in [1.82, 2.24) is 0 Å². The van der Waals surface area contributed by atoms with Gasteiger partial charge in [-0.2, -0.15) is 5.26 Å². The number of fused-ring (bicyclic) bond motifs is 1. The summed E-state index contributed by atoms with van der Waals surface area (Å²) >= 11 is 0. The molecule has 0 aromatic heterocycles. The van der Waals surface area contributed by atoms with E-state index in [9.17, 15) is 5.26 Å². The Bertz CT molecular complexity index is 904. The molecule has 3 rings (SSSR count). The molecule has 0 N–H and O–H groups in total. The Morgan fingerprint density at radius 3 is 2.15 bits per heavy atom. The van der Waals surface area contributed by atoms with Crippen molar-refractivity contribution in [3.05, 3.63) is 35.4 Å². The fourth-order valence-corrected chi connectivity index (χ4v) is 2.82. The molecule has 0 amide bonds. The van der Waals surface area contributed by atoms with E-state index in [4.69, 9.17) is 28.4 Å². The summed E-state index contributed by atoms with van der Waals surface area (Å²) in [5, 5.41) is 9.69. The summed E-state index contributed by atoms with van der Waals surface area (Å²) < 4.78 is 32.2. The van der Waals surface area contributed by atoms with E-state index in [-0.39, 0.29) is 6.79 Å². The van der Waals surface area contributed by atoms with Gasteiger partial charge in [0, 0.05) is 0 Å². The number of methoxy groups -OCH3 is 4. The molecule has 2 aromatic rings. The Morgan fingerprint density at radius 1 is 0.926 bits per heavy atom. The molecule has 0 radical (unpaired) electrons. The Balaban J connectivity index is 2.09. The Kier molecular flexibility index (Phi) is 5.27. The maximum absolute atomic E-state index is 9.69. The molecule has 1 aliphatic heterocycles. The van der Waals surface area contributed by atoms with Crippen molar-refractivity contribution >= 4 is 11.6 Å². The molecule has 140 valence electrons. The molecule has 1 aliphatic rings. The van der Waals surface area contributed by atoms with Crippen LogP contribution >= 0.6 is 0 Å². The first-order valence-corrected chi connectivity index (χ1v) is 8.05. The van der Waals surface area contributed by atoms with Crippen LogP contribution in [0.15, 0.2) is 24.3 Å². The van der Waals surface area contributed by atoms with Crippen LogP contribution in [-0.2, 0) is 0 Å². The first kappa shape index (κ1) is 18.3. The molecular formula is C20H19NO6. The van der Waals surface area contributed by atoms with E-state index in [1.165, 1.54) is 14.2 Å². The Hall–Kier alpha value is -3.53. The van der Waals surface area contributed by atoms with Crippen LogP contribution < -0.4 is 28.4 Å². The molecule has 0 bridgehead atoms. The summed E-state index contributed by atoms with van der Waals surface area (Å²) in [6, 6.07) is 9.23. The quantitative estimate of drug-likeness (QED) is 0.569. The van der Waals surface area contributed by atoms with Gasteiger partial charge in [-0.1, -0.05) is 0 Å². The van der Waals surface area contributed by atoms with Gasteiger partial charge in [-0.25, -0.2) is 0 Å². The zero-order chi connectivity index (χ0) is 19.4. The van der Waals surface area contributed by atoms with E-state index in [2.05, 4.69) is 6.07 Å². The van der Waals surface area contributed by atoms with Gasteiger partial charge in [0.1, 0.15) is 0 Å². The maximum atomic E-state index is 9.69. The lowest BCUT2D eigenvalue weighted by Gasteiger charge is -2.13. The van der Waals surface area contributed by atoms with Crippen LogP contribution in [0.25, 0.3) is 11.6 Å². The number of hydrogen-bond donors (Lipinski definition) is 0. The largest absolute Gasteiger partial charge is 0.493 e. The fraction of sp³-hybridized carbons (Fsp3) is 0.250. The van der Waals surface area contributed by atoms with Gasteiger partial charge in [0.15, 0.2) is 23.0 Å². The molecule has 2 aromatic carbocycles. The van der Waals surface area contributed by atoms with Gasteiger partial charge in [0.05, 0.1) is 40.1 Å². The summed E-state index contributed by atoms with van der Waals surface area (Å²) in [6.45, 7) is 0.119. The number of nitrogens with zero attached hydrogens (tertiary/aromatic N) is 1. The molecule has 0 aliphatic carbocycles. The summed E-state index contributed by atoms with van der Waals surface area (Å²) in [6.07, 6.45) is 1.72. The molecule has 0 saturated carbocycles. The van der Waals surface area contributed by atoms with Gasteiger partial charge in [-0.15, -0.1) is 0 Å². The van der Waals surface area contributed by atoms with Gasteiger partial charge in [0.2, 0.25) is 18.3 Å². The molecule has 0 unspecified atom stereocenters. The van der Waals surface area contributed by atoms with Gasteiger partial charge in [-0.3, -0.25) is 0 Å². The highest BCUT2D eigenvalue weighted by Crippen LogP contribution is 2.44. The number of nitriles is 1. The van der Waals surface area contributed by atoms with Crippen LogP contribution in [0.5, 0.6) is 34.5 Å². The lowest BCUT2D eigenvalue weighted by molar-refractivity contribution is 0.171. The van der Waals surface area contributed by atoms with Gasteiger partial charge in [0.25, 0.3) is 0 Å². The average Bonchev–Trinajstić information content (AvgIpc) is 3.18. The van der Waals surface area contributed by atoms with Crippen LogP contribution in [0.4, 0.5) is 0 Å². The highest BCUT2D eigenvalue weighted by Gasteiger charge is 2.21. The molecule has 7 nitrogen and oxygen atoms in total. The third-order valence-electron chi connectivity index (χ3n) is 4.09. The van der Waals surface area contributed by atoms with Crippen molar-refractivity contribution in [2.24, 2.45) is 0 Å². The van der Waals surface area contributed by atoms with Crippen molar-refractivity contribution in [3.63, 3.8) is 0 Å². The van der Waals surface area contributed by atoms with Crippen molar-refractivity contribution in [2.45, 2.75) is 0 Å². The van der Waals surface area contributed by atoms with Crippen LogP contribution in [0.1, 0.15) is 11.1 Å². The molecule has 0 fully saturated rings. The molecule has 0 atom stereocenters. The predicted octanol–water partition coefficient (Wildman–Crippen LogP) is 3.51. The summed E-state index contributed by atoms with van der Waals surface area (Å²) in [5.41, 5.74) is 1.78. The standard InChI is InChI=1S/C20H19NO6/c1-22-15-6-12(7-16(23-2)19(15)25-4)5-14(10-21)13-8-17(24-3)20-18(9-13)26-11-27-20/h5-9H,11H2,1-4H3/b14-5-. The second-order valence-corrected chi connectivity index (χ2v) is 5.54. The minimum atomic E-state index is 0.119. The van der Waals surface area contributed by atoms with Crippen LogP contribution in [-0.4, -0.2) is 35.2 Å². The minimum absolute atomic E-state index is 0.119. The van der Waals surface area contributed by atoms with Crippen LogP contribution in [0, 0.1) is 11.3 Å². The van der Waals surface area contributed by atoms with E-state index in [1.807, 2.05) is 0 Å². The number of benzene rings is 2. The van der Waals surface area contributed by atoms with Crippen LogP contribution in [0.3, 0.4) is 0 Å². The third kappa shape index (κ3) is 3.42. The summed E-state index contributed by atoms with van der Waals surface area (Å²) in [5.74, 6) is 3.07. The Labute approximate surface area is 157 Å². The SMILES string of the molecule is COc1cc(/C=C(/C#N)c2cc(OC)c3c(c2)OCO3)cc(OC)c1OC. The van der Waals surface area contributed by atoms with Crippen molar-refractivity contribution in [2.75, 3.05) is 35.2 Å². The second kappa shape index (κ2) is 7.79. The monoisotopic (exact) mass is 369 g/mol. The molecule has 7 heteroatoms. The molecule has 0 saturated heterocycles. The number of allylic oxidation sites excluding steroid dienone is 1. The van der Waals surface area contributed by atoms with Gasteiger partial charge >= 0.3 is 0 Å². The first-order valence-electron chi connectivity index (χ1n) is 8.05. The second-order valence-electron chi connectivity index (χ2n) is 5.54. The van der Waals surface area contributed by atoms with E-state index < -0.39 is 0 Å². The normalized spacial score (nSPS) is 12.3. The number of hydrogen-bond acceptors (Lipinski definition) is 7. The van der Waals surface area contributed by atoms with E-state index in [0.717, 1.165) is 5.56 Å². The molecule has 27 heavy (non-hydrogen) atoms. The highest BCUT2D eigenvalue weighted by molar-refractivity contribution is 5.91. The van der Waals surface area contributed by atoms with Gasteiger partial charge in [-0.05, 0) is 41.5 Å². The molecular weight excluding hydrogens is 350 g/mol. The minimum Gasteiger partial charge on any atom is -0.493 e. The first-order chi connectivity index (χ1) is 13.1. The highest BCUT2D eigenvalue weighted by atomic mass is 16.7. The van der Waals surface area contributed by atoms with E-state index >= 15 is 0 Å². The predicted molar refractivity (Wildman–Crippen MR) is 98.7 cm³/mol. The maximum Gasteiger partial charge on any atom is 0.231 e. The van der Waals surface area contributed by atoms with Gasteiger partial charge < -0.3 is 28.4 Å².